The van der Waals surface area contributed by atoms with E-state index in [1.54, 1.807) is 51.5 Å². The second kappa shape index (κ2) is 5.03. The van der Waals surface area contributed by atoms with Crippen molar-refractivity contribution in [2.45, 2.75) is 38.8 Å². The molecule has 0 fully saturated rings. The maximum absolute atomic E-state index is 12.2. The van der Waals surface area contributed by atoms with E-state index >= 15 is 0 Å². The van der Waals surface area contributed by atoms with Crippen LogP contribution in [-0.4, -0.2) is 27.1 Å². The fraction of sp³-hybridized carbons (Fsp3) is 0.429. The van der Waals surface area contributed by atoms with Gasteiger partial charge in [0.25, 0.3) is 5.91 Å². The van der Waals surface area contributed by atoms with E-state index in [1.165, 1.54) is 11.3 Å². The molecule has 0 unspecified atom stereocenters. The van der Waals surface area contributed by atoms with Gasteiger partial charge in [0.15, 0.2) is 10.8 Å². The number of thiazole rings is 1. The molecule has 2 aromatic heterocycles. The lowest BCUT2D eigenvalue weighted by molar-refractivity contribution is -0.00300. The lowest BCUT2D eigenvalue weighted by Crippen LogP contribution is -2.57. The molecule has 0 spiro atoms. The summed E-state index contributed by atoms with van der Waals surface area (Å²) in [5.41, 5.74) is -1.49. The highest BCUT2D eigenvalue weighted by molar-refractivity contribution is 7.13. The van der Waals surface area contributed by atoms with Crippen molar-refractivity contribution in [3.8, 4) is 10.8 Å². The minimum atomic E-state index is -1.04. The van der Waals surface area contributed by atoms with Crippen molar-refractivity contribution in [3.05, 3.63) is 29.5 Å². The van der Waals surface area contributed by atoms with Gasteiger partial charge < -0.3 is 14.8 Å². The van der Waals surface area contributed by atoms with Crippen LogP contribution in [0.2, 0.25) is 0 Å². The molecule has 2 N–H and O–H groups in total. The highest BCUT2D eigenvalue weighted by Gasteiger charge is 2.36. The van der Waals surface area contributed by atoms with Gasteiger partial charge >= 0.3 is 0 Å². The number of furan rings is 1. The van der Waals surface area contributed by atoms with E-state index < -0.39 is 11.1 Å². The number of amides is 1. The van der Waals surface area contributed by atoms with Crippen molar-refractivity contribution < 1.29 is 14.3 Å². The Bertz CT molecular complexity index is 594. The van der Waals surface area contributed by atoms with Crippen LogP contribution in [0.5, 0.6) is 0 Å². The van der Waals surface area contributed by atoms with Crippen molar-refractivity contribution in [2.24, 2.45) is 0 Å². The number of carbonyl (C=O) groups is 1. The summed E-state index contributed by atoms with van der Waals surface area (Å²) in [6, 6.07) is 3.56. The summed E-state index contributed by atoms with van der Waals surface area (Å²) in [5.74, 6) is 0.321. The molecule has 2 aromatic rings. The van der Waals surface area contributed by atoms with Gasteiger partial charge in [-0.15, -0.1) is 11.3 Å². The third-order valence-corrected chi connectivity index (χ3v) is 4.28. The van der Waals surface area contributed by atoms with Crippen LogP contribution in [0.3, 0.4) is 0 Å². The second-order valence-corrected chi connectivity index (χ2v) is 6.51. The summed E-state index contributed by atoms with van der Waals surface area (Å²) in [4.78, 5) is 16.4. The van der Waals surface area contributed by atoms with Gasteiger partial charge in [0.1, 0.15) is 5.69 Å². The Morgan fingerprint density at radius 1 is 1.40 bits per heavy atom. The standard InChI is InChI=1S/C14H18N2O3S/c1-13(2,14(3,4)18)16-11(17)9-8-20-12(15-9)10-6-5-7-19-10/h5-8,18H,1-4H3,(H,16,17). The molecule has 1 amide bonds. The fourth-order valence-electron chi connectivity index (χ4n) is 1.39. The van der Waals surface area contributed by atoms with Gasteiger partial charge in [-0.2, -0.15) is 0 Å². The van der Waals surface area contributed by atoms with Gasteiger partial charge in [-0.3, -0.25) is 4.79 Å². The normalized spacial score (nSPS) is 12.4. The highest BCUT2D eigenvalue weighted by Crippen LogP contribution is 2.25. The molecule has 0 aliphatic heterocycles. The number of hydrogen-bond donors (Lipinski definition) is 2. The first kappa shape index (κ1) is 14.7. The lowest BCUT2D eigenvalue weighted by Gasteiger charge is -2.37. The number of nitrogens with zero attached hydrogens (tertiary/aromatic N) is 1. The van der Waals surface area contributed by atoms with Crippen LogP contribution in [-0.2, 0) is 0 Å². The molecule has 0 radical (unpaired) electrons. The Morgan fingerprint density at radius 2 is 2.10 bits per heavy atom. The monoisotopic (exact) mass is 294 g/mol. The van der Waals surface area contributed by atoms with Gasteiger partial charge in [-0.05, 0) is 39.8 Å². The van der Waals surface area contributed by atoms with Crippen molar-refractivity contribution in [1.82, 2.24) is 10.3 Å². The third kappa shape index (κ3) is 2.91. The van der Waals surface area contributed by atoms with Gasteiger partial charge in [-0.1, -0.05) is 0 Å². The summed E-state index contributed by atoms with van der Waals surface area (Å²) in [6.45, 7) is 6.85. The fourth-order valence-corrected chi connectivity index (χ4v) is 2.16. The Labute approximate surface area is 121 Å². The number of nitrogens with one attached hydrogen (secondary N) is 1. The predicted molar refractivity (Wildman–Crippen MR) is 77.7 cm³/mol. The molecule has 0 aromatic carbocycles. The summed E-state index contributed by atoms with van der Waals surface area (Å²) < 4.78 is 5.24. The molecule has 5 nitrogen and oxygen atoms in total. The van der Waals surface area contributed by atoms with Crippen LogP contribution >= 0.6 is 11.3 Å². The van der Waals surface area contributed by atoms with E-state index in [2.05, 4.69) is 10.3 Å². The molecular formula is C14H18N2O3S. The van der Waals surface area contributed by atoms with E-state index in [1.807, 2.05) is 0 Å². The van der Waals surface area contributed by atoms with Gasteiger partial charge in [-0.25, -0.2) is 4.98 Å². The minimum Gasteiger partial charge on any atom is -0.462 e. The molecule has 2 rings (SSSR count). The van der Waals surface area contributed by atoms with Crippen LogP contribution in [0.1, 0.15) is 38.2 Å². The zero-order chi connectivity index (χ0) is 15.0. The summed E-state index contributed by atoms with van der Waals surface area (Å²) >= 11 is 1.34. The van der Waals surface area contributed by atoms with Gasteiger partial charge in [0.05, 0.1) is 17.4 Å². The molecule has 6 heteroatoms. The largest absolute Gasteiger partial charge is 0.462 e. The maximum Gasteiger partial charge on any atom is 0.271 e. The van der Waals surface area contributed by atoms with Crippen LogP contribution in [0.25, 0.3) is 10.8 Å². The van der Waals surface area contributed by atoms with Crippen molar-refractivity contribution >= 4 is 17.2 Å². The Hall–Kier alpha value is -1.66. The number of aromatic nitrogens is 1. The SMILES string of the molecule is CC(C)(O)C(C)(C)NC(=O)c1csc(-c2ccco2)n1. The van der Waals surface area contributed by atoms with Crippen LogP contribution in [0, 0.1) is 0 Å². The van der Waals surface area contributed by atoms with Crippen LogP contribution < -0.4 is 5.32 Å². The minimum absolute atomic E-state index is 0.314. The van der Waals surface area contributed by atoms with Crippen LogP contribution in [0.4, 0.5) is 0 Å². The average Bonchev–Trinajstić information content (AvgIpc) is 2.98. The average molecular weight is 294 g/mol. The van der Waals surface area contributed by atoms with Crippen molar-refractivity contribution in [1.29, 1.82) is 0 Å². The quantitative estimate of drug-likeness (QED) is 0.909. The first-order valence-corrected chi connectivity index (χ1v) is 7.13. The molecule has 108 valence electrons. The number of rotatable bonds is 4. The molecule has 20 heavy (non-hydrogen) atoms. The van der Waals surface area contributed by atoms with Gasteiger partial charge in [0, 0.05) is 5.38 Å². The first-order valence-electron chi connectivity index (χ1n) is 6.25. The first-order chi connectivity index (χ1) is 9.21. The van der Waals surface area contributed by atoms with Crippen molar-refractivity contribution in [3.63, 3.8) is 0 Å². The molecule has 2 heterocycles. The molecule has 0 aliphatic rings. The zero-order valence-electron chi connectivity index (χ0n) is 11.9. The maximum atomic E-state index is 12.2. The zero-order valence-corrected chi connectivity index (χ0v) is 12.7. The summed E-state index contributed by atoms with van der Waals surface area (Å²) in [5, 5.41) is 15.2. The highest BCUT2D eigenvalue weighted by atomic mass is 32.1. The number of aliphatic hydroxyl groups is 1. The Morgan fingerprint density at radius 3 is 2.65 bits per heavy atom. The summed E-state index contributed by atoms with van der Waals surface area (Å²) in [6.07, 6.45) is 1.56. The van der Waals surface area contributed by atoms with Crippen molar-refractivity contribution in [2.75, 3.05) is 0 Å². The van der Waals surface area contributed by atoms with E-state index in [4.69, 9.17) is 4.42 Å². The smallest absolute Gasteiger partial charge is 0.271 e. The Kier molecular flexibility index (Phi) is 3.71. The molecule has 0 aliphatic carbocycles. The topological polar surface area (TPSA) is 75.4 Å². The molecule has 0 saturated heterocycles. The van der Waals surface area contributed by atoms with Gasteiger partial charge in [0.2, 0.25) is 0 Å². The third-order valence-electron chi connectivity index (χ3n) is 3.42. The molecular weight excluding hydrogens is 276 g/mol. The Balaban J connectivity index is 2.15. The predicted octanol–water partition coefficient (Wildman–Crippen LogP) is 2.68. The molecule has 0 atom stereocenters. The lowest BCUT2D eigenvalue weighted by atomic mass is 9.86. The van der Waals surface area contributed by atoms with E-state index in [9.17, 15) is 9.90 Å². The number of hydrogen-bond acceptors (Lipinski definition) is 5. The number of carbonyl (C=O) groups excluding carboxylic acids is 1. The van der Waals surface area contributed by atoms with E-state index in [-0.39, 0.29) is 5.91 Å². The second-order valence-electron chi connectivity index (χ2n) is 5.65. The van der Waals surface area contributed by atoms with Crippen LogP contribution in [0.15, 0.2) is 28.2 Å². The summed E-state index contributed by atoms with van der Waals surface area (Å²) in [7, 11) is 0. The molecule has 0 saturated carbocycles. The van der Waals surface area contributed by atoms with E-state index in [0.717, 1.165) is 0 Å². The molecule has 0 bridgehead atoms. The van der Waals surface area contributed by atoms with E-state index in [0.29, 0.717) is 16.5 Å².